The van der Waals surface area contributed by atoms with Crippen LogP contribution < -0.4 is 5.73 Å². The molecule has 2 rings (SSSR count). The van der Waals surface area contributed by atoms with E-state index in [1.165, 1.54) is 38.2 Å². The van der Waals surface area contributed by atoms with Crippen molar-refractivity contribution in [2.45, 2.75) is 55.2 Å². The third-order valence-electron chi connectivity index (χ3n) is 3.32. The van der Waals surface area contributed by atoms with E-state index in [2.05, 4.69) is 0 Å². The Morgan fingerprint density at radius 1 is 1.29 bits per heavy atom. The highest BCUT2D eigenvalue weighted by molar-refractivity contribution is 8.00. The van der Waals surface area contributed by atoms with Crippen molar-refractivity contribution in [1.82, 2.24) is 0 Å². The zero-order chi connectivity index (χ0) is 12.3. The van der Waals surface area contributed by atoms with Crippen LogP contribution in [0.15, 0.2) is 23.1 Å². The average Bonchev–Trinajstić information content (AvgIpc) is 2.33. The van der Waals surface area contributed by atoms with Gasteiger partial charge in [-0.2, -0.15) is 0 Å². The molecule has 0 spiro atoms. The molecule has 0 saturated heterocycles. The van der Waals surface area contributed by atoms with E-state index >= 15 is 0 Å². The largest absolute Gasteiger partial charge is 0.324 e. The molecule has 94 valence electrons. The molecule has 0 aromatic heterocycles. The zero-order valence-corrected chi connectivity index (χ0v) is 11.1. The Kier molecular flexibility index (Phi) is 4.46. The lowest BCUT2D eigenvalue weighted by Gasteiger charge is -2.23. The molecule has 2 N–H and O–H groups in total. The fourth-order valence-corrected chi connectivity index (χ4v) is 3.83. The molecule has 1 atom stereocenters. The van der Waals surface area contributed by atoms with E-state index < -0.39 is 0 Å². The molecular weight excluding hydrogens is 233 g/mol. The summed E-state index contributed by atoms with van der Waals surface area (Å²) in [5, 5.41) is 0.568. The highest BCUT2D eigenvalue weighted by Gasteiger charge is 2.19. The summed E-state index contributed by atoms with van der Waals surface area (Å²) in [5.74, 6) is -0.115. The first-order chi connectivity index (χ1) is 8.18. The lowest BCUT2D eigenvalue weighted by atomic mass is 10.0. The molecular formula is C14H20FNS. The minimum absolute atomic E-state index is 0.100. The van der Waals surface area contributed by atoms with Gasteiger partial charge in [-0.05, 0) is 31.4 Å². The second-order valence-electron chi connectivity index (χ2n) is 4.82. The molecule has 3 heteroatoms. The summed E-state index contributed by atoms with van der Waals surface area (Å²) < 4.78 is 13.9. The Bertz CT molecular complexity index is 372. The van der Waals surface area contributed by atoms with Crippen LogP contribution in [-0.2, 0) is 0 Å². The third kappa shape index (κ3) is 3.23. The monoisotopic (exact) mass is 253 g/mol. The van der Waals surface area contributed by atoms with Gasteiger partial charge in [0, 0.05) is 16.2 Å². The van der Waals surface area contributed by atoms with E-state index in [-0.39, 0.29) is 11.9 Å². The molecule has 0 bridgehead atoms. The molecule has 1 unspecified atom stereocenters. The van der Waals surface area contributed by atoms with Gasteiger partial charge in [-0.25, -0.2) is 4.39 Å². The molecule has 1 aromatic rings. The highest BCUT2D eigenvalue weighted by atomic mass is 32.2. The summed E-state index contributed by atoms with van der Waals surface area (Å²) in [4.78, 5) is 0.773. The Balaban J connectivity index is 2.18. The first kappa shape index (κ1) is 12.9. The van der Waals surface area contributed by atoms with E-state index in [0.29, 0.717) is 5.25 Å². The van der Waals surface area contributed by atoms with Crippen molar-refractivity contribution < 1.29 is 4.39 Å². The van der Waals surface area contributed by atoms with Crippen LogP contribution in [0.2, 0.25) is 0 Å². The lowest BCUT2D eigenvalue weighted by Crippen LogP contribution is -2.12. The maximum Gasteiger partial charge on any atom is 0.137 e. The van der Waals surface area contributed by atoms with Crippen LogP contribution in [-0.4, -0.2) is 5.25 Å². The van der Waals surface area contributed by atoms with Gasteiger partial charge in [0.05, 0.1) is 0 Å². The summed E-state index contributed by atoms with van der Waals surface area (Å²) in [6.07, 6.45) is 6.29. The fraction of sp³-hybridized carbons (Fsp3) is 0.571. The van der Waals surface area contributed by atoms with Gasteiger partial charge in [0.2, 0.25) is 0 Å². The van der Waals surface area contributed by atoms with Crippen molar-refractivity contribution in [2.75, 3.05) is 0 Å². The van der Waals surface area contributed by atoms with E-state index in [9.17, 15) is 4.39 Å². The molecule has 0 radical (unpaired) electrons. The van der Waals surface area contributed by atoms with Crippen LogP contribution in [0.5, 0.6) is 0 Å². The molecule has 1 aliphatic carbocycles. The van der Waals surface area contributed by atoms with Gasteiger partial charge >= 0.3 is 0 Å². The summed E-state index contributed by atoms with van der Waals surface area (Å²) in [5.41, 5.74) is 6.85. The Labute approximate surface area is 107 Å². The molecule has 0 amide bonds. The van der Waals surface area contributed by atoms with Crippen molar-refractivity contribution in [3.8, 4) is 0 Å². The quantitative estimate of drug-likeness (QED) is 0.870. The van der Waals surface area contributed by atoms with Crippen LogP contribution in [0, 0.1) is 5.82 Å². The third-order valence-corrected chi connectivity index (χ3v) is 4.80. The minimum Gasteiger partial charge on any atom is -0.324 e. The first-order valence-corrected chi connectivity index (χ1v) is 7.27. The maximum atomic E-state index is 13.9. The molecule has 17 heavy (non-hydrogen) atoms. The standard InChI is InChI=1S/C14H20FNS/c1-10(16)12-8-5-9-13(15)14(12)17-11-6-3-2-4-7-11/h5,8-11H,2-4,6-7,16H2,1H3. The van der Waals surface area contributed by atoms with Crippen LogP contribution >= 0.6 is 11.8 Å². The second-order valence-corrected chi connectivity index (χ2v) is 6.14. The number of benzene rings is 1. The average molecular weight is 253 g/mol. The fourth-order valence-electron chi connectivity index (χ4n) is 2.36. The van der Waals surface area contributed by atoms with Crippen molar-refractivity contribution in [3.63, 3.8) is 0 Å². The number of hydrogen-bond acceptors (Lipinski definition) is 2. The lowest BCUT2D eigenvalue weighted by molar-refractivity contribution is 0.514. The summed E-state index contributed by atoms with van der Waals surface area (Å²) in [7, 11) is 0. The molecule has 1 nitrogen and oxygen atoms in total. The Hall–Kier alpha value is -0.540. The predicted molar refractivity (Wildman–Crippen MR) is 71.7 cm³/mol. The molecule has 1 saturated carbocycles. The second kappa shape index (κ2) is 5.87. The highest BCUT2D eigenvalue weighted by Crippen LogP contribution is 2.37. The zero-order valence-electron chi connectivity index (χ0n) is 10.3. The van der Waals surface area contributed by atoms with Crippen LogP contribution in [0.25, 0.3) is 0 Å². The Morgan fingerprint density at radius 3 is 2.65 bits per heavy atom. The number of halogens is 1. The van der Waals surface area contributed by atoms with Gasteiger partial charge in [0.15, 0.2) is 0 Å². The van der Waals surface area contributed by atoms with E-state index in [1.54, 1.807) is 17.8 Å². The first-order valence-electron chi connectivity index (χ1n) is 6.39. The number of thioether (sulfide) groups is 1. The van der Waals surface area contributed by atoms with Crippen molar-refractivity contribution in [2.24, 2.45) is 5.73 Å². The van der Waals surface area contributed by atoms with Crippen molar-refractivity contribution in [1.29, 1.82) is 0 Å². The summed E-state index contributed by atoms with van der Waals surface area (Å²) >= 11 is 1.69. The van der Waals surface area contributed by atoms with Gasteiger partial charge in [0.25, 0.3) is 0 Å². The van der Waals surface area contributed by atoms with Gasteiger partial charge < -0.3 is 5.73 Å². The van der Waals surface area contributed by atoms with E-state index in [1.807, 2.05) is 13.0 Å². The van der Waals surface area contributed by atoms with Gasteiger partial charge in [0.1, 0.15) is 5.82 Å². The summed E-state index contributed by atoms with van der Waals surface area (Å²) in [6, 6.07) is 5.13. The smallest absolute Gasteiger partial charge is 0.137 e. The molecule has 1 fully saturated rings. The van der Waals surface area contributed by atoms with Crippen LogP contribution in [0.4, 0.5) is 4.39 Å². The maximum absolute atomic E-state index is 13.9. The predicted octanol–water partition coefficient (Wildman–Crippen LogP) is 4.27. The number of hydrogen-bond donors (Lipinski definition) is 1. The molecule has 1 aliphatic rings. The molecule has 0 aliphatic heterocycles. The van der Waals surface area contributed by atoms with Crippen LogP contribution in [0.3, 0.4) is 0 Å². The topological polar surface area (TPSA) is 26.0 Å². The Morgan fingerprint density at radius 2 is 2.00 bits per heavy atom. The van der Waals surface area contributed by atoms with Gasteiger partial charge in [-0.15, -0.1) is 11.8 Å². The number of nitrogens with two attached hydrogens (primary N) is 1. The van der Waals surface area contributed by atoms with E-state index in [0.717, 1.165) is 10.5 Å². The van der Waals surface area contributed by atoms with E-state index in [4.69, 9.17) is 5.73 Å². The van der Waals surface area contributed by atoms with Gasteiger partial charge in [-0.3, -0.25) is 0 Å². The minimum atomic E-state index is -0.115. The SMILES string of the molecule is CC(N)c1cccc(F)c1SC1CCCCC1. The summed E-state index contributed by atoms with van der Waals surface area (Å²) in [6.45, 7) is 1.92. The van der Waals surface area contributed by atoms with Crippen LogP contribution in [0.1, 0.15) is 50.6 Å². The van der Waals surface area contributed by atoms with Gasteiger partial charge in [-0.1, -0.05) is 31.4 Å². The number of rotatable bonds is 3. The normalized spacial score (nSPS) is 19.2. The molecule has 1 aromatic carbocycles. The van der Waals surface area contributed by atoms with Crippen molar-refractivity contribution >= 4 is 11.8 Å². The molecule has 0 heterocycles. The van der Waals surface area contributed by atoms with Crippen molar-refractivity contribution in [3.05, 3.63) is 29.6 Å².